The second-order valence-corrected chi connectivity index (χ2v) is 6.73. The summed E-state index contributed by atoms with van der Waals surface area (Å²) in [6.07, 6.45) is 1.60. The van der Waals surface area contributed by atoms with E-state index in [2.05, 4.69) is 0 Å². The van der Waals surface area contributed by atoms with Crippen molar-refractivity contribution in [3.05, 3.63) is 29.3 Å². The molecule has 1 aliphatic rings. The van der Waals surface area contributed by atoms with Gasteiger partial charge in [0.1, 0.15) is 16.5 Å². The first-order valence-corrected chi connectivity index (χ1v) is 7.84. The van der Waals surface area contributed by atoms with Crippen molar-refractivity contribution < 1.29 is 22.0 Å². The third-order valence-electron chi connectivity index (χ3n) is 2.91. The zero-order chi connectivity index (χ0) is 14.2. The van der Waals surface area contributed by atoms with Gasteiger partial charge in [-0.3, -0.25) is 4.79 Å². The van der Waals surface area contributed by atoms with Crippen LogP contribution in [0.4, 0.5) is 8.78 Å². The molecule has 1 amide bonds. The van der Waals surface area contributed by atoms with Crippen molar-refractivity contribution in [1.29, 1.82) is 0 Å². The number of hydrogen-bond acceptors (Lipinski definition) is 3. The van der Waals surface area contributed by atoms with Crippen LogP contribution < -0.4 is 0 Å². The van der Waals surface area contributed by atoms with Crippen LogP contribution in [0.3, 0.4) is 0 Å². The quantitative estimate of drug-likeness (QED) is 0.786. The molecule has 0 N–H and O–H groups in total. The summed E-state index contributed by atoms with van der Waals surface area (Å²) in [5, 5.41) is 0. The second kappa shape index (κ2) is 5.05. The number of benzene rings is 1. The number of carbonyl (C=O) groups is 1. The number of hydrogen-bond donors (Lipinski definition) is 0. The molecular formula is C11H10ClF2NO3S. The van der Waals surface area contributed by atoms with E-state index in [1.807, 2.05) is 0 Å². The summed E-state index contributed by atoms with van der Waals surface area (Å²) in [4.78, 5) is 12.5. The molecule has 1 saturated heterocycles. The van der Waals surface area contributed by atoms with Crippen molar-refractivity contribution >= 4 is 25.6 Å². The number of halogens is 3. The van der Waals surface area contributed by atoms with Gasteiger partial charge in [0.25, 0.3) is 15.0 Å². The van der Waals surface area contributed by atoms with E-state index < -0.39 is 37.1 Å². The first-order chi connectivity index (χ1) is 8.80. The molecule has 0 unspecified atom stereocenters. The van der Waals surface area contributed by atoms with Crippen molar-refractivity contribution in [3.8, 4) is 0 Å². The van der Waals surface area contributed by atoms with E-state index in [1.54, 1.807) is 0 Å². The highest BCUT2D eigenvalue weighted by Gasteiger charge is 2.26. The molecular weight excluding hydrogens is 300 g/mol. The molecule has 1 aliphatic heterocycles. The van der Waals surface area contributed by atoms with Crippen LogP contribution in [-0.2, 0) is 9.05 Å². The fourth-order valence-corrected chi connectivity index (χ4v) is 2.88. The lowest BCUT2D eigenvalue weighted by Crippen LogP contribution is -2.28. The summed E-state index contributed by atoms with van der Waals surface area (Å²) in [5.74, 6) is -3.07. The van der Waals surface area contributed by atoms with Crippen LogP contribution in [0.15, 0.2) is 17.0 Å². The Balaban J connectivity index is 2.48. The molecule has 4 nitrogen and oxygen atoms in total. The van der Waals surface area contributed by atoms with Gasteiger partial charge in [0.2, 0.25) is 0 Å². The predicted octanol–water partition coefficient (Wildman–Crippen LogP) is 2.13. The third kappa shape index (κ3) is 2.87. The number of carbonyl (C=O) groups excluding carboxylic acids is 1. The molecule has 104 valence electrons. The van der Waals surface area contributed by atoms with Gasteiger partial charge < -0.3 is 4.90 Å². The van der Waals surface area contributed by atoms with E-state index in [0.29, 0.717) is 25.2 Å². The highest BCUT2D eigenvalue weighted by molar-refractivity contribution is 8.13. The minimum atomic E-state index is -4.37. The minimum Gasteiger partial charge on any atom is -0.339 e. The largest absolute Gasteiger partial charge is 0.339 e. The predicted molar refractivity (Wildman–Crippen MR) is 64.5 cm³/mol. The second-order valence-electron chi connectivity index (χ2n) is 4.20. The van der Waals surface area contributed by atoms with Crippen molar-refractivity contribution in [2.75, 3.05) is 13.1 Å². The molecule has 1 aromatic rings. The molecule has 0 saturated carbocycles. The Labute approximate surface area is 113 Å². The first kappa shape index (κ1) is 14.2. The molecule has 0 spiro atoms. The molecule has 0 radical (unpaired) electrons. The van der Waals surface area contributed by atoms with Gasteiger partial charge in [-0.1, -0.05) is 0 Å². The SMILES string of the molecule is O=C(c1cc(S(=O)(=O)Cl)c(F)cc1F)N1CCCC1. The van der Waals surface area contributed by atoms with E-state index in [9.17, 15) is 22.0 Å². The maximum atomic E-state index is 13.6. The van der Waals surface area contributed by atoms with E-state index in [-0.39, 0.29) is 0 Å². The summed E-state index contributed by atoms with van der Waals surface area (Å²) >= 11 is 0. The Morgan fingerprint density at radius 2 is 1.74 bits per heavy atom. The highest BCUT2D eigenvalue weighted by Crippen LogP contribution is 2.24. The van der Waals surface area contributed by atoms with Crippen molar-refractivity contribution in [2.45, 2.75) is 17.7 Å². The lowest BCUT2D eigenvalue weighted by Gasteiger charge is -2.16. The number of likely N-dealkylation sites (tertiary alicyclic amines) is 1. The van der Waals surface area contributed by atoms with E-state index >= 15 is 0 Å². The Kier molecular flexibility index (Phi) is 3.78. The van der Waals surface area contributed by atoms with Gasteiger partial charge in [0.15, 0.2) is 0 Å². The standard InChI is InChI=1S/C11H10ClF2NO3S/c12-19(17,18)10-5-7(8(13)6-9(10)14)11(16)15-3-1-2-4-15/h5-6H,1-4H2. The van der Waals surface area contributed by atoms with Gasteiger partial charge in [0, 0.05) is 29.8 Å². The minimum absolute atomic E-state index is 0.360. The molecule has 1 heterocycles. The van der Waals surface area contributed by atoms with Crippen LogP contribution in [0.5, 0.6) is 0 Å². The maximum Gasteiger partial charge on any atom is 0.264 e. The molecule has 1 aromatic carbocycles. The summed E-state index contributed by atoms with van der Waals surface area (Å²) < 4.78 is 49.2. The van der Waals surface area contributed by atoms with Gasteiger partial charge in [-0.25, -0.2) is 17.2 Å². The highest BCUT2D eigenvalue weighted by atomic mass is 35.7. The maximum absolute atomic E-state index is 13.6. The molecule has 8 heteroatoms. The van der Waals surface area contributed by atoms with Crippen molar-refractivity contribution in [1.82, 2.24) is 4.90 Å². The Morgan fingerprint density at radius 1 is 1.16 bits per heavy atom. The average molecular weight is 310 g/mol. The molecule has 1 fully saturated rings. The smallest absolute Gasteiger partial charge is 0.264 e. The Hall–Kier alpha value is -1.21. The molecule has 0 aromatic heterocycles. The van der Waals surface area contributed by atoms with Crippen LogP contribution in [0.25, 0.3) is 0 Å². The van der Waals surface area contributed by atoms with Crippen LogP contribution in [0.2, 0.25) is 0 Å². The molecule has 0 atom stereocenters. The van der Waals surface area contributed by atoms with Crippen molar-refractivity contribution in [3.63, 3.8) is 0 Å². The van der Waals surface area contributed by atoms with Crippen LogP contribution in [0.1, 0.15) is 23.2 Å². The molecule has 0 bridgehead atoms. The van der Waals surface area contributed by atoms with Crippen LogP contribution in [-0.4, -0.2) is 32.3 Å². The van der Waals surface area contributed by atoms with E-state index in [0.717, 1.165) is 12.8 Å². The molecule has 19 heavy (non-hydrogen) atoms. The Bertz CT molecular complexity index is 627. The summed E-state index contributed by atoms with van der Waals surface area (Å²) in [6.45, 7) is 0.942. The monoisotopic (exact) mass is 309 g/mol. The fraction of sp³-hybridized carbons (Fsp3) is 0.364. The summed E-state index contributed by atoms with van der Waals surface area (Å²) in [7, 11) is 0.667. The topological polar surface area (TPSA) is 54.5 Å². The van der Waals surface area contributed by atoms with Crippen LogP contribution >= 0.6 is 10.7 Å². The fourth-order valence-electron chi connectivity index (χ4n) is 1.97. The Morgan fingerprint density at radius 3 is 2.26 bits per heavy atom. The van der Waals surface area contributed by atoms with Gasteiger partial charge >= 0.3 is 0 Å². The lowest BCUT2D eigenvalue weighted by molar-refractivity contribution is 0.0787. The van der Waals surface area contributed by atoms with E-state index in [1.165, 1.54) is 4.90 Å². The third-order valence-corrected chi connectivity index (χ3v) is 4.24. The van der Waals surface area contributed by atoms with E-state index in [4.69, 9.17) is 10.7 Å². The van der Waals surface area contributed by atoms with Gasteiger partial charge in [-0.2, -0.15) is 0 Å². The lowest BCUT2D eigenvalue weighted by atomic mass is 10.2. The zero-order valence-electron chi connectivity index (χ0n) is 9.70. The van der Waals surface area contributed by atoms with Gasteiger partial charge in [0.05, 0.1) is 5.56 Å². The number of amides is 1. The van der Waals surface area contributed by atoms with Crippen molar-refractivity contribution in [2.24, 2.45) is 0 Å². The average Bonchev–Trinajstić information content (AvgIpc) is 2.79. The summed E-state index contributed by atoms with van der Waals surface area (Å²) in [5.41, 5.74) is -0.484. The van der Waals surface area contributed by atoms with Crippen LogP contribution in [0, 0.1) is 11.6 Å². The molecule has 0 aliphatic carbocycles. The van der Waals surface area contributed by atoms with Gasteiger partial charge in [-0.15, -0.1) is 0 Å². The summed E-state index contributed by atoms with van der Waals surface area (Å²) in [6, 6.07) is 1.01. The molecule has 2 rings (SSSR count). The number of nitrogens with zero attached hydrogens (tertiary/aromatic N) is 1. The number of rotatable bonds is 2. The normalized spacial score (nSPS) is 15.8. The van der Waals surface area contributed by atoms with Gasteiger partial charge in [-0.05, 0) is 18.9 Å². The zero-order valence-corrected chi connectivity index (χ0v) is 11.3. The first-order valence-electron chi connectivity index (χ1n) is 5.53.